The minimum atomic E-state index is -0.571. The Balaban J connectivity index is 1.48. The molecule has 2 aromatic rings. The first kappa shape index (κ1) is 19.2. The maximum absolute atomic E-state index is 12.1. The largest absolute Gasteiger partial charge is 0.493 e. The summed E-state index contributed by atoms with van der Waals surface area (Å²) in [5, 5.41) is 2.56. The molecular weight excluding hydrogens is 366 g/mol. The summed E-state index contributed by atoms with van der Waals surface area (Å²) in [5.41, 5.74) is 0.547. The molecule has 0 radical (unpaired) electrons. The molecule has 0 saturated carbocycles. The van der Waals surface area contributed by atoms with E-state index in [4.69, 9.17) is 18.9 Å². The third-order valence-corrected chi connectivity index (χ3v) is 3.85. The summed E-state index contributed by atoms with van der Waals surface area (Å²) in [6, 6.07) is 12.1. The highest BCUT2D eigenvalue weighted by Gasteiger charge is 2.20. The number of hydrogen-bond acceptors (Lipinski definition) is 7. The second-order valence-corrected chi connectivity index (χ2v) is 5.93. The Kier molecular flexibility index (Phi) is 6.11. The summed E-state index contributed by atoms with van der Waals surface area (Å²) in [4.78, 5) is 35.6. The van der Waals surface area contributed by atoms with Gasteiger partial charge in [-0.05, 0) is 25.1 Å². The van der Waals surface area contributed by atoms with Gasteiger partial charge >= 0.3 is 5.97 Å². The van der Waals surface area contributed by atoms with Crippen LogP contribution in [0.2, 0.25) is 0 Å². The number of hydrogen-bond donors (Lipinski definition) is 1. The van der Waals surface area contributed by atoms with Crippen molar-refractivity contribution in [3.63, 3.8) is 0 Å². The lowest BCUT2D eigenvalue weighted by Gasteiger charge is -2.11. The van der Waals surface area contributed by atoms with Crippen molar-refractivity contribution in [1.82, 2.24) is 0 Å². The Morgan fingerprint density at radius 3 is 2.50 bits per heavy atom. The van der Waals surface area contributed by atoms with Gasteiger partial charge in [0.2, 0.25) is 6.79 Å². The number of ketones is 1. The molecule has 1 heterocycles. The van der Waals surface area contributed by atoms with E-state index in [0.29, 0.717) is 17.2 Å². The lowest BCUT2D eigenvalue weighted by molar-refractivity contribution is -0.147. The van der Waals surface area contributed by atoms with Crippen LogP contribution in [0, 0.1) is 0 Å². The number of esters is 1. The van der Waals surface area contributed by atoms with Gasteiger partial charge in [0.15, 0.2) is 23.9 Å². The number of amides is 1. The van der Waals surface area contributed by atoms with E-state index < -0.39 is 18.5 Å². The van der Waals surface area contributed by atoms with E-state index in [9.17, 15) is 14.4 Å². The van der Waals surface area contributed by atoms with Crippen LogP contribution in [-0.4, -0.2) is 37.7 Å². The number of fused-ring (bicyclic) bond motifs is 1. The molecule has 0 fully saturated rings. The van der Waals surface area contributed by atoms with Crippen molar-refractivity contribution in [3.05, 3.63) is 48.0 Å². The number of carbonyl (C=O) groups is 3. The van der Waals surface area contributed by atoms with Crippen LogP contribution in [0.1, 0.15) is 23.7 Å². The number of para-hydroxylation sites is 1. The standard InChI is InChI=1S/C20H19NO7/c1-13(22)15-9-17-18(28-12-27-17)10-16(15)21-19(23)11-26-20(24)7-8-25-14-5-3-2-4-6-14/h2-6,9-10H,7-8,11-12H2,1H3,(H,21,23). The minimum Gasteiger partial charge on any atom is -0.493 e. The Labute approximate surface area is 161 Å². The number of carbonyl (C=O) groups excluding carboxylic acids is 3. The molecule has 0 aromatic heterocycles. The molecule has 0 saturated heterocycles. The van der Waals surface area contributed by atoms with Gasteiger partial charge in [-0.25, -0.2) is 0 Å². The monoisotopic (exact) mass is 385 g/mol. The fourth-order valence-corrected chi connectivity index (χ4v) is 2.51. The zero-order valence-corrected chi connectivity index (χ0v) is 15.2. The van der Waals surface area contributed by atoms with E-state index in [1.807, 2.05) is 18.2 Å². The summed E-state index contributed by atoms with van der Waals surface area (Å²) in [6.45, 7) is 1.09. The Hall–Kier alpha value is -3.55. The molecule has 1 amide bonds. The second-order valence-electron chi connectivity index (χ2n) is 5.93. The Morgan fingerprint density at radius 1 is 1.07 bits per heavy atom. The van der Waals surface area contributed by atoms with E-state index in [-0.39, 0.29) is 36.9 Å². The summed E-state index contributed by atoms with van der Waals surface area (Å²) in [7, 11) is 0. The van der Waals surface area contributed by atoms with Crippen LogP contribution >= 0.6 is 0 Å². The minimum absolute atomic E-state index is 0.00486. The van der Waals surface area contributed by atoms with Crippen LogP contribution in [0.4, 0.5) is 5.69 Å². The quantitative estimate of drug-likeness (QED) is 0.551. The number of rotatable bonds is 8. The van der Waals surface area contributed by atoms with Gasteiger partial charge in [-0.3, -0.25) is 14.4 Å². The number of Topliss-reactive ketones (excluding diaryl/α,β-unsaturated/α-hetero) is 1. The third-order valence-electron chi connectivity index (χ3n) is 3.85. The molecule has 8 nitrogen and oxygen atoms in total. The van der Waals surface area contributed by atoms with Gasteiger partial charge in [-0.2, -0.15) is 0 Å². The van der Waals surface area contributed by atoms with Crippen molar-refractivity contribution in [1.29, 1.82) is 0 Å². The smallest absolute Gasteiger partial charge is 0.309 e. The highest BCUT2D eigenvalue weighted by Crippen LogP contribution is 2.37. The molecule has 0 unspecified atom stereocenters. The fraction of sp³-hybridized carbons (Fsp3) is 0.250. The van der Waals surface area contributed by atoms with E-state index in [0.717, 1.165) is 0 Å². The zero-order chi connectivity index (χ0) is 19.9. The predicted octanol–water partition coefficient (Wildman–Crippen LogP) is 2.57. The lowest BCUT2D eigenvalue weighted by Crippen LogP contribution is -2.22. The lowest BCUT2D eigenvalue weighted by atomic mass is 10.1. The molecule has 3 rings (SSSR count). The Bertz CT molecular complexity index is 880. The number of anilines is 1. The molecule has 1 N–H and O–H groups in total. The highest BCUT2D eigenvalue weighted by atomic mass is 16.7. The fourth-order valence-electron chi connectivity index (χ4n) is 2.51. The molecule has 0 aliphatic carbocycles. The summed E-state index contributed by atoms with van der Waals surface area (Å²) < 4.78 is 20.8. The van der Waals surface area contributed by atoms with Crippen molar-refractivity contribution in [3.8, 4) is 17.2 Å². The van der Waals surface area contributed by atoms with Crippen LogP contribution in [-0.2, 0) is 14.3 Å². The van der Waals surface area contributed by atoms with E-state index in [1.54, 1.807) is 12.1 Å². The first-order valence-corrected chi connectivity index (χ1v) is 8.61. The first-order chi connectivity index (χ1) is 13.5. The molecule has 8 heteroatoms. The van der Waals surface area contributed by atoms with Crippen molar-refractivity contribution in [2.45, 2.75) is 13.3 Å². The summed E-state index contributed by atoms with van der Waals surface area (Å²) in [5.74, 6) is 0.127. The topological polar surface area (TPSA) is 100 Å². The highest BCUT2D eigenvalue weighted by molar-refractivity contribution is 6.05. The zero-order valence-electron chi connectivity index (χ0n) is 15.2. The van der Waals surface area contributed by atoms with Gasteiger partial charge < -0.3 is 24.3 Å². The molecule has 2 aromatic carbocycles. The van der Waals surface area contributed by atoms with Crippen LogP contribution in [0.25, 0.3) is 0 Å². The van der Waals surface area contributed by atoms with Gasteiger partial charge in [-0.15, -0.1) is 0 Å². The van der Waals surface area contributed by atoms with E-state index in [2.05, 4.69) is 5.32 Å². The molecule has 0 atom stereocenters. The van der Waals surface area contributed by atoms with Gasteiger partial charge in [0.25, 0.3) is 5.91 Å². The number of nitrogens with one attached hydrogen (secondary N) is 1. The average Bonchev–Trinajstić information content (AvgIpc) is 3.14. The number of ether oxygens (including phenoxy) is 4. The molecular formula is C20H19NO7. The maximum atomic E-state index is 12.1. The predicted molar refractivity (Wildman–Crippen MR) is 98.7 cm³/mol. The molecule has 1 aliphatic heterocycles. The van der Waals surface area contributed by atoms with Crippen molar-refractivity contribution < 1.29 is 33.3 Å². The van der Waals surface area contributed by atoms with Crippen LogP contribution < -0.4 is 19.5 Å². The van der Waals surface area contributed by atoms with Crippen molar-refractivity contribution in [2.75, 3.05) is 25.3 Å². The summed E-state index contributed by atoms with van der Waals surface area (Å²) >= 11 is 0. The molecule has 28 heavy (non-hydrogen) atoms. The average molecular weight is 385 g/mol. The maximum Gasteiger partial charge on any atom is 0.309 e. The van der Waals surface area contributed by atoms with E-state index in [1.165, 1.54) is 19.1 Å². The van der Waals surface area contributed by atoms with Gasteiger partial charge in [0.05, 0.1) is 18.7 Å². The molecule has 0 bridgehead atoms. The molecule has 146 valence electrons. The SMILES string of the molecule is CC(=O)c1cc2c(cc1NC(=O)COC(=O)CCOc1ccccc1)OCO2. The molecule has 1 aliphatic rings. The van der Waals surface area contributed by atoms with Crippen LogP contribution in [0.3, 0.4) is 0 Å². The third kappa shape index (κ3) is 5.00. The van der Waals surface area contributed by atoms with Gasteiger partial charge in [-0.1, -0.05) is 18.2 Å². The first-order valence-electron chi connectivity index (χ1n) is 8.61. The van der Waals surface area contributed by atoms with Crippen LogP contribution in [0.15, 0.2) is 42.5 Å². The van der Waals surface area contributed by atoms with Gasteiger partial charge in [0, 0.05) is 11.6 Å². The van der Waals surface area contributed by atoms with Crippen LogP contribution in [0.5, 0.6) is 17.2 Å². The van der Waals surface area contributed by atoms with Crippen molar-refractivity contribution >= 4 is 23.3 Å². The second kappa shape index (κ2) is 8.90. The van der Waals surface area contributed by atoms with Gasteiger partial charge in [0.1, 0.15) is 5.75 Å². The Morgan fingerprint density at radius 2 is 1.79 bits per heavy atom. The molecule has 0 spiro atoms. The number of benzene rings is 2. The van der Waals surface area contributed by atoms with E-state index >= 15 is 0 Å². The normalized spacial score (nSPS) is 11.6. The summed E-state index contributed by atoms with van der Waals surface area (Å²) in [6.07, 6.45) is 0.00486. The van der Waals surface area contributed by atoms with Crippen molar-refractivity contribution in [2.24, 2.45) is 0 Å².